The smallest absolute Gasteiger partial charge is 0.149 e. The van der Waals surface area contributed by atoms with Crippen molar-refractivity contribution in [3.8, 4) is 11.5 Å². The molecule has 30 heavy (non-hydrogen) atoms. The molecule has 1 aromatic heterocycles. The molecule has 2 heterocycles. The number of nitrogens with zero attached hydrogens (tertiary/aromatic N) is 2. The fourth-order valence-electron chi connectivity index (χ4n) is 2.68. The van der Waals surface area contributed by atoms with Crippen molar-refractivity contribution in [1.82, 2.24) is 9.97 Å². The lowest BCUT2D eigenvalue weighted by Gasteiger charge is -2.12. The van der Waals surface area contributed by atoms with Crippen LogP contribution < -0.4 is 20.1 Å². The molecule has 0 amide bonds. The van der Waals surface area contributed by atoms with Gasteiger partial charge >= 0.3 is 0 Å². The number of hydrogen-bond acceptors (Lipinski definition) is 6. The lowest BCUT2D eigenvalue weighted by molar-refractivity contribution is 0.481. The molecule has 0 fully saturated rings. The van der Waals surface area contributed by atoms with Crippen LogP contribution in [0.1, 0.15) is 0 Å². The molecule has 1 aliphatic heterocycles. The van der Waals surface area contributed by atoms with Crippen molar-refractivity contribution >= 4 is 23.0 Å². The average Bonchev–Trinajstić information content (AvgIpc) is 2.76. The fourth-order valence-corrected chi connectivity index (χ4v) is 2.68. The molecular formula is C24H20N4O2. The predicted molar refractivity (Wildman–Crippen MR) is 119 cm³/mol. The summed E-state index contributed by atoms with van der Waals surface area (Å²) in [7, 11) is 0. The summed E-state index contributed by atoms with van der Waals surface area (Å²) in [6, 6.07) is 17.1. The molecule has 1 aliphatic rings. The number of rotatable bonds is 0. The first-order valence-corrected chi connectivity index (χ1v) is 9.40. The van der Waals surface area contributed by atoms with Crippen molar-refractivity contribution in [2.24, 2.45) is 0 Å². The average molecular weight is 396 g/mol. The second-order valence-corrected chi connectivity index (χ2v) is 6.23. The Morgan fingerprint density at radius 2 is 1.37 bits per heavy atom. The van der Waals surface area contributed by atoms with Gasteiger partial charge in [0.15, 0.2) is 0 Å². The Morgan fingerprint density at radius 3 is 2.23 bits per heavy atom. The summed E-state index contributed by atoms with van der Waals surface area (Å²) in [5.74, 6) is 2.70. The van der Waals surface area contributed by atoms with E-state index >= 15 is 0 Å². The zero-order valence-corrected chi connectivity index (χ0v) is 16.1. The number of fused-ring (bicyclic) bond motifs is 5. The van der Waals surface area contributed by atoms with Gasteiger partial charge in [-0.15, -0.1) is 0 Å². The summed E-state index contributed by atoms with van der Waals surface area (Å²) in [4.78, 5) is 8.60. The first-order valence-electron chi connectivity index (χ1n) is 9.40. The highest BCUT2D eigenvalue weighted by Crippen LogP contribution is 2.28. The Hall–Kier alpha value is -4.32. The van der Waals surface area contributed by atoms with E-state index in [1.54, 1.807) is 12.5 Å². The third kappa shape index (κ3) is 5.36. The largest absolute Gasteiger partial charge is 0.465 e. The molecule has 0 saturated heterocycles. The van der Waals surface area contributed by atoms with Crippen molar-refractivity contribution in [3.05, 3.63) is 110 Å². The highest BCUT2D eigenvalue weighted by atomic mass is 16.5. The minimum atomic E-state index is 0.641. The number of ether oxygens (including phenoxy) is 2. The number of allylic oxidation sites excluding steroid dienone is 6. The number of anilines is 4. The van der Waals surface area contributed by atoms with Crippen LogP contribution in [0.4, 0.5) is 23.0 Å². The Labute approximate surface area is 174 Å². The number of para-hydroxylation sites is 2. The Balaban J connectivity index is 1.65. The molecule has 6 heteroatoms. The van der Waals surface area contributed by atoms with Crippen molar-refractivity contribution in [1.29, 1.82) is 0 Å². The molecule has 0 unspecified atom stereocenters. The second-order valence-electron chi connectivity index (χ2n) is 6.23. The molecule has 0 spiro atoms. The molecule has 6 nitrogen and oxygen atoms in total. The lowest BCUT2D eigenvalue weighted by Crippen LogP contribution is -1.99. The van der Waals surface area contributed by atoms with Gasteiger partial charge in [0.05, 0.1) is 18.2 Å². The van der Waals surface area contributed by atoms with E-state index in [4.69, 9.17) is 9.47 Å². The third-order valence-electron chi connectivity index (χ3n) is 4.04. The maximum Gasteiger partial charge on any atom is 0.149 e. The van der Waals surface area contributed by atoms with E-state index in [2.05, 4.69) is 20.6 Å². The van der Waals surface area contributed by atoms with Crippen molar-refractivity contribution in [2.45, 2.75) is 0 Å². The van der Waals surface area contributed by atoms with Crippen LogP contribution in [0, 0.1) is 0 Å². The van der Waals surface area contributed by atoms with Crippen LogP contribution in [0.25, 0.3) is 0 Å². The van der Waals surface area contributed by atoms with Crippen LogP contribution in [-0.4, -0.2) is 9.97 Å². The maximum absolute atomic E-state index is 5.76. The van der Waals surface area contributed by atoms with Crippen molar-refractivity contribution in [2.75, 3.05) is 10.6 Å². The zero-order valence-electron chi connectivity index (χ0n) is 16.1. The minimum Gasteiger partial charge on any atom is -0.465 e. The molecule has 0 aliphatic carbocycles. The van der Waals surface area contributed by atoms with Gasteiger partial charge in [-0.2, -0.15) is 0 Å². The van der Waals surface area contributed by atoms with Crippen LogP contribution in [-0.2, 0) is 0 Å². The van der Waals surface area contributed by atoms with E-state index < -0.39 is 0 Å². The first kappa shape index (κ1) is 19.0. The monoisotopic (exact) mass is 396 g/mol. The van der Waals surface area contributed by atoms with Gasteiger partial charge < -0.3 is 20.1 Å². The van der Waals surface area contributed by atoms with Gasteiger partial charge in [-0.25, -0.2) is 9.97 Å². The van der Waals surface area contributed by atoms with Gasteiger partial charge in [-0.1, -0.05) is 42.5 Å². The summed E-state index contributed by atoms with van der Waals surface area (Å²) < 4.78 is 11.4. The van der Waals surface area contributed by atoms with Crippen LogP contribution in [0.2, 0.25) is 0 Å². The number of nitrogens with one attached hydrogen (secondary N) is 2. The number of benzene rings is 2. The number of aromatic nitrogens is 2. The molecule has 0 saturated carbocycles. The zero-order chi connectivity index (χ0) is 20.4. The van der Waals surface area contributed by atoms with Gasteiger partial charge in [0, 0.05) is 17.8 Å². The van der Waals surface area contributed by atoms with Crippen molar-refractivity contribution in [3.63, 3.8) is 0 Å². The fraction of sp³-hybridized carbons (Fsp3) is 0. The highest BCUT2D eigenvalue weighted by molar-refractivity contribution is 5.67. The van der Waals surface area contributed by atoms with Crippen LogP contribution >= 0.6 is 0 Å². The topological polar surface area (TPSA) is 68.3 Å². The molecule has 2 aromatic carbocycles. The third-order valence-corrected chi connectivity index (χ3v) is 4.04. The number of hydrogen-bond donors (Lipinski definition) is 2. The van der Waals surface area contributed by atoms with E-state index in [-0.39, 0.29) is 0 Å². The van der Waals surface area contributed by atoms with Gasteiger partial charge in [-0.3, -0.25) is 0 Å². The standard InChI is InChI=1S/C24H20N4O2/c1-2-4-8-15-30-22-13-6-5-12-21(22)28-24-17-23(25-18-26-24)27-19-10-9-11-20(16-19)29-14-7-3-1/h1-18H,(H2,25,26,27,28)/b3-1-,4-2-,14-7-,15-8-. The quantitative estimate of drug-likeness (QED) is 0.495. The maximum atomic E-state index is 5.76. The van der Waals surface area contributed by atoms with Crippen LogP contribution in [0.15, 0.2) is 110 Å². The highest BCUT2D eigenvalue weighted by Gasteiger charge is 2.05. The molecule has 148 valence electrons. The molecule has 4 bridgehead atoms. The van der Waals surface area contributed by atoms with Gasteiger partial charge in [-0.05, 0) is 36.4 Å². The summed E-state index contributed by atoms with van der Waals surface area (Å²) in [5.41, 5.74) is 1.65. The Morgan fingerprint density at radius 1 is 0.633 bits per heavy atom. The molecule has 4 rings (SSSR count). The molecular weight excluding hydrogens is 376 g/mol. The van der Waals surface area contributed by atoms with Crippen LogP contribution in [0.3, 0.4) is 0 Å². The van der Waals surface area contributed by atoms with Gasteiger partial charge in [0.1, 0.15) is 29.5 Å². The summed E-state index contributed by atoms with van der Waals surface area (Å²) >= 11 is 0. The molecule has 0 atom stereocenters. The van der Waals surface area contributed by atoms with E-state index in [0.717, 1.165) is 17.1 Å². The summed E-state index contributed by atoms with van der Waals surface area (Å²) in [5, 5.41) is 6.55. The SMILES string of the molecule is C1=C\C=C/Oc2cccc(c2)Nc2cc(ncn2)Nc2ccccc2O/C=C\C=C/1. The van der Waals surface area contributed by atoms with Crippen LogP contribution in [0.5, 0.6) is 11.5 Å². The minimum absolute atomic E-state index is 0.641. The van der Waals surface area contributed by atoms with E-state index in [9.17, 15) is 0 Å². The predicted octanol–water partition coefficient (Wildman–Crippen LogP) is 5.87. The van der Waals surface area contributed by atoms with E-state index in [0.29, 0.717) is 17.4 Å². The lowest BCUT2D eigenvalue weighted by atomic mass is 10.3. The van der Waals surface area contributed by atoms with E-state index in [1.807, 2.05) is 91.1 Å². The Kier molecular flexibility index (Phi) is 6.18. The molecule has 3 aromatic rings. The van der Waals surface area contributed by atoms with E-state index in [1.165, 1.54) is 6.33 Å². The van der Waals surface area contributed by atoms with Gasteiger partial charge in [0.25, 0.3) is 0 Å². The summed E-state index contributed by atoms with van der Waals surface area (Å²) in [6.07, 6.45) is 16.0. The molecule has 2 N–H and O–H groups in total. The van der Waals surface area contributed by atoms with Crippen molar-refractivity contribution < 1.29 is 9.47 Å². The first-order chi connectivity index (χ1) is 14.9. The molecule has 0 radical (unpaired) electrons. The second kappa shape index (κ2) is 9.75. The Bertz CT molecular complexity index is 1120. The summed E-state index contributed by atoms with van der Waals surface area (Å²) in [6.45, 7) is 0. The normalized spacial score (nSPS) is 17.5. The van der Waals surface area contributed by atoms with Gasteiger partial charge in [0.2, 0.25) is 0 Å².